The van der Waals surface area contributed by atoms with Gasteiger partial charge in [-0.3, -0.25) is 4.79 Å². The van der Waals surface area contributed by atoms with Crippen molar-refractivity contribution in [2.45, 2.75) is 78.8 Å². The number of carbonyl (C=O) groups excluding carboxylic acids is 1. The fourth-order valence-corrected chi connectivity index (χ4v) is 9.84. The molecule has 0 heterocycles. The van der Waals surface area contributed by atoms with Gasteiger partial charge in [0.1, 0.15) is 0 Å². The Morgan fingerprint density at radius 2 is 1.60 bits per heavy atom. The zero-order valence-corrected chi connectivity index (χ0v) is 16.8. The Morgan fingerprint density at radius 3 is 2.05 bits per heavy atom. The highest BCUT2D eigenvalue weighted by molar-refractivity contribution is 6.84. The van der Waals surface area contributed by atoms with Gasteiger partial charge in [0.05, 0.1) is 12.0 Å². The lowest BCUT2D eigenvalue weighted by atomic mass is 9.91. The maximum Gasteiger partial charge on any atom is 0.311 e. The second-order valence-electron chi connectivity index (χ2n) is 7.45. The fraction of sp³-hybridized carbons (Fsp3) is 0.933. The first-order chi connectivity index (χ1) is 8.96. The summed E-state index contributed by atoms with van der Waals surface area (Å²) in [5, 5.41) is 0. The summed E-state index contributed by atoms with van der Waals surface area (Å²) in [4.78, 5) is 11.9. The van der Waals surface area contributed by atoms with Gasteiger partial charge in [0.2, 0.25) is 0 Å². The molecule has 0 bridgehead atoms. The Morgan fingerprint density at radius 1 is 1.05 bits per heavy atom. The monoisotopic (exact) mass is 318 g/mol. The van der Waals surface area contributed by atoms with Crippen molar-refractivity contribution >= 4 is 22.6 Å². The van der Waals surface area contributed by atoms with E-state index >= 15 is 0 Å². The van der Waals surface area contributed by atoms with E-state index in [1.165, 1.54) is 0 Å². The van der Waals surface area contributed by atoms with Gasteiger partial charge in [-0.05, 0) is 65.0 Å². The Balaban J connectivity index is 4.09. The topological polar surface area (TPSA) is 35.5 Å². The van der Waals surface area contributed by atoms with E-state index in [4.69, 9.17) is 8.85 Å². The number of rotatable bonds is 9. The van der Waals surface area contributed by atoms with Crippen molar-refractivity contribution in [2.24, 2.45) is 5.41 Å². The van der Waals surface area contributed by atoms with Gasteiger partial charge >= 0.3 is 5.97 Å². The number of hydrogen-bond acceptors (Lipinski definition) is 3. The molecule has 0 aliphatic heterocycles. The van der Waals surface area contributed by atoms with Crippen LogP contribution < -0.4 is 0 Å². The van der Waals surface area contributed by atoms with Crippen molar-refractivity contribution in [3.8, 4) is 0 Å². The molecule has 120 valence electrons. The van der Waals surface area contributed by atoms with Crippen LogP contribution in [0.2, 0.25) is 38.3 Å². The standard InChI is InChI=1S/C15H34O3Si2/c1-9-15(3,4)14(16)17-12-11-13-20(7,8)18-19(5,6)10-2/h9-13H2,1-8H3. The molecule has 0 saturated carbocycles. The SMILES string of the molecule is CCC(C)(C)C(=O)OCCC[Si](C)(C)O[Si](C)(C)CC. The number of hydrogen-bond donors (Lipinski definition) is 0. The summed E-state index contributed by atoms with van der Waals surface area (Å²) in [5.41, 5.74) is -0.361. The Bertz CT molecular complexity index is 312. The van der Waals surface area contributed by atoms with Crippen molar-refractivity contribution in [3.63, 3.8) is 0 Å². The lowest BCUT2D eigenvalue weighted by Gasteiger charge is -2.33. The van der Waals surface area contributed by atoms with Gasteiger partial charge in [-0.2, -0.15) is 0 Å². The quantitative estimate of drug-likeness (QED) is 0.348. The second-order valence-corrected chi connectivity index (χ2v) is 16.5. The number of carbonyl (C=O) groups is 1. The molecule has 0 aliphatic carbocycles. The Kier molecular flexibility index (Phi) is 7.70. The highest BCUT2D eigenvalue weighted by Crippen LogP contribution is 2.24. The zero-order valence-electron chi connectivity index (χ0n) is 14.8. The molecule has 0 aliphatic rings. The van der Waals surface area contributed by atoms with Crippen LogP contribution in [0.5, 0.6) is 0 Å². The molecule has 20 heavy (non-hydrogen) atoms. The molecule has 0 aromatic heterocycles. The van der Waals surface area contributed by atoms with Crippen molar-refractivity contribution in [1.29, 1.82) is 0 Å². The fourth-order valence-electron chi connectivity index (χ4n) is 1.87. The lowest BCUT2D eigenvalue weighted by molar-refractivity contribution is -0.154. The number of esters is 1. The summed E-state index contributed by atoms with van der Waals surface area (Å²) < 4.78 is 11.8. The maximum absolute atomic E-state index is 11.9. The molecule has 0 unspecified atom stereocenters. The van der Waals surface area contributed by atoms with Crippen LogP contribution in [0.15, 0.2) is 0 Å². The van der Waals surface area contributed by atoms with E-state index in [2.05, 4.69) is 33.1 Å². The average Bonchev–Trinajstić information content (AvgIpc) is 2.33. The third kappa shape index (κ3) is 7.59. The first-order valence-corrected chi connectivity index (χ1v) is 14.1. The Labute approximate surface area is 127 Å². The summed E-state index contributed by atoms with van der Waals surface area (Å²) >= 11 is 0. The molecule has 0 rings (SSSR count). The summed E-state index contributed by atoms with van der Waals surface area (Å²) in [6, 6.07) is 2.21. The van der Waals surface area contributed by atoms with Crippen LogP contribution in [0.3, 0.4) is 0 Å². The van der Waals surface area contributed by atoms with Crippen molar-refractivity contribution in [3.05, 3.63) is 0 Å². The average molecular weight is 319 g/mol. The van der Waals surface area contributed by atoms with Gasteiger partial charge in [-0.1, -0.05) is 13.8 Å². The summed E-state index contributed by atoms with van der Waals surface area (Å²) in [7, 11) is -3.09. The molecule has 0 spiro atoms. The molecule has 0 aromatic rings. The van der Waals surface area contributed by atoms with Gasteiger partial charge in [0.15, 0.2) is 16.6 Å². The van der Waals surface area contributed by atoms with Crippen LogP contribution in [0.4, 0.5) is 0 Å². The largest absolute Gasteiger partial charge is 0.465 e. The smallest absolute Gasteiger partial charge is 0.311 e. The highest BCUT2D eigenvalue weighted by Gasteiger charge is 2.31. The van der Waals surface area contributed by atoms with E-state index in [0.717, 1.165) is 24.9 Å². The van der Waals surface area contributed by atoms with Crippen molar-refractivity contribution < 1.29 is 13.6 Å². The van der Waals surface area contributed by atoms with E-state index in [1.807, 2.05) is 20.8 Å². The molecule has 0 N–H and O–H groups in total. The predicted molar refractivity (Wildman–Crippen MR) is 91.0 cm³/mol. The van der Waals surface area contributed by atoms with Crippen LogP contribution in [-0.2, 0) is 13.6 Å². The summed E-state index contributed by atoms with van der Waals surface area (Å²) in [6.07, 6.45) is 1.73. The molecule has 3 nitrogen and oxygen atoms in total. The molecular formula is C15H34O3Si2. The number of ether oxygens (including phenoxy) is 1. The molecule has 0 saturated heterocycles. The van der Waals surface area contributed by atoms with Crippen LogP contribution >= 0.6 is 0 Å². The summed E-state index contributed by atoms with van der Waals surface area (Å²) in [5.74, 6) is -0.0799. The van der Waals surface area contributed by atoms with E-state index < -0.39 is 16.6 Å². The van der Waals surface area contributed by atoms with Crippen LogP contribution in [0.1, 0.15) is 40.5 Å². The van der Waals surface area contributed by atoms with Crippen LogP contribution in [-0.4, -0.2) is 29.2 Å². The van der Waals surface area contributed by atoms with Gasteiger partial charge < -0.3 is 8.85 Å². The second kappa shape index (κ2) is 7.75. The maximum atomic E-state index is 11.9. The predicted octanol–water partition coefficient (Wildman–Crippen LogP) is 4.80. The van der Waals surface area contributed by atoms with Gasteiger partial charge in [0, 0.05) is 0 Å². The van der Waals surface area contributed by atoms with Crippen molar-refractivity contribution in [1.82, 2.24) is 0 Å². The van der Waals surface area contributed by atoms with E-state index in [-0.39, 0.29) is 11.4 Å². The summed E-state index contributed by atoms with van der Waals surface area (Å²) in [6.45, 7) is 17.7. The van der Waals surface area contributed by atoms with Crippen molar-refractivity contribution in [2.75, 3.05) is 6.61 Å². The first kappa shape index (κ1) is 19.9. The molecular weight excluding hydrogens is 284 g/mol. The van der Waals surface area contributed by atoms with Gasteiger partial charge in [0.25, 0.3) is 0 Å². The normalized spacial score (nSPS) is 13.4. The minimum absolute atomic E-state index is 0.0799. The van der Waals surface area contributed by atoms with E-state index in [1.54, 1.807) is 0 Å². The van der Waals surface area contributed by atoms with Gasteiger partial charge in [-0.25, -0.2) is 0 Å². The third-order valence-electron chi connectivity index (χ3n) is 4.00. The van der Waals surface area contributed by atoms with E-state index in [9.17, 15) is 4.79 Å². The molecule has 0 amide bonds. The van der Waals surface area contributed by atoms with E-state index in [0.29, 0.717) is 6.61 Å². The molecule has 0 fully saturated rings. The highest BCUT2D eigenvalue weighted by atomic mass is 28.4. The molecule has 0 atom stereocenters. The first-order valence-electron chi connectivity index (χ1n) is 7.83. The minimum atomic E-state index is -1.62. The molecule has 0 radical (unpaired) electrons. The van der Waals surface area contributed by atoms with Crippen LogP contribution in [0.25, 0.3) is 0 Å². The molecule has 5 heteroatoms. The Hall–Kier alpha value is -0.136. The lowest BCUT2D eigenvalue weighted by Crippen LogP contribution is -2.43. The third-order valence-corrected chi connectivity index (χ3v) is 11.7. The van der Waals surface area contributed by atoms with Gasteiger partial charge in [-0.15, -0.1) is 0 Å². The van der Waals surface area contributed by atoms with Crippen LogP contribution in [0, 0.1) is 5.41 Å². The zero-order chi connectivity index (χ0) is 16.0. The molecule has 0 aromatic carbocycles. The minimum Gasteiger partial charge on any atom is -0.465 e.